The number of esters is 1. The third kappa shape index (κ3) is 5.31. The third-order valence-corrected chi connectivity index (χ3v) is 7.00. The molecule has 2 amide bonds. The Labute approximate surface area is 192 Å². The highest BCUT2D eigenvalue weighted by Crippen LogP contribution is 2.30. The molecule has 0 unspecified atom stereocenters. The number of carbonyl (C=O) groups is 2. The van der Waals surface area contributed by atoms with Gasteiger partial charge in [-0.15, -0.1) is 0 Å². The number of hydrogen-bond donors (Lipinski definition) is 2. The highest BCUT2D eigenvalue weighted by atomic mass is 35.5. The van der Waals surface area contributed by atoms with E-state index < -0.39 is 33.6 Å². The number of benzene rings is 2. The Bertz CT molecular complexity index is 1140. The summed E-state index contributed by atoms with van der Waals surface area (Å²) in [6.07, 6.45) is 0. The molecular weight excluding hydrogens is 452 g/mol. The molecule has 32 heavy (non-hydrogen) atoms. The van der Waals surface area contributed by atoms with Crippen LogP contribution in [0.4, 0.5) is 4.79 Å². The summed E-state index contributed by atoms with van der Waals surface area (Å²) >= 11 is 5.86. The van der Waals surface area contributed by atoms with Crippen LogP contribution >= 0.6 is 11.6 Å². The number of halogens is 1. The molecule has 2 aromatic carbocycles. The number of ether oxygens (including phenoxy) is 1. The molecule has 1 atom stereocenters. The maximum atomic E-state index is 13.0. The minimum atomic E-state index is -3.87. The third-order valence-electron chi connectivity index (χ3n) is 5.09. The van der Waals surface area contributed by atoms with Gasteiger partial charge in [-0.05, 0) is 48.2 Å². The van der Waals surface area contributed by atoms with Gasteiger partial charge in [0.1, 0.15) is 0 Å². The largest absolute Gasteiger partial charge is 0.463 e. The Kier molecular flexibility index (Phi) is 7.26. The van der Waals surface area contributed by atoms with Gasteiger partial charge in [0.2, 0.25) is 0 Å². The lowest BCUT2D eigenvalue weighted by atomic mass is 9.93. The fourth-order valence-corrected chi connectivity index (χ4v) is 4.87. The number of amides is 2. The average molecular weight is 477 g/mol. The summed E-state index contributed by atoms with van der Waals surface area (Å²) in [6, 6.07) is 11.7. The van der Waals surface area contributed by atoms with E-state index >= 15 is 0 Å². The first kappa shape index (κ1) is 23.8. The summed E-state index contributed by atoms with van der Waals surface area (Å²) in [5.41, 5.74) is 1.79. The second-order valence-corrected chi connectivity index (χ2v) is 10.1. The molecule has 1 heterocycles. The van der Waals surface area contributed by atoms with Crippen LogP contribution in [0.25, 0.3) is 0 Å². The summed E-state index contributed by atoms with van der Waals surface area (Å²) in [7, 11) is -3.87. The summed E-state index contributed by atoms with van der Waals surface area (Å²) in [4.78, 5) is 25.3. The molecule has 2 N–H and O–H groups in total. The van der Waals surface area contributed by atoms with Crippen molar-refractivity contribution in [2.24, 2.45) is 0 Å². The van der Waals surface area contributed by atoms with Gasteiger partial charge in [0.15, 0.2) is 9.84 Å². The van der Waals surface area contributed by atoms with E-state index in [0.717, 1.165) is 5.56 Å². The number of hydrogen-bond acceptors (Lipinski definition) is 5. The van der Waals surface area contributed by atoms with Crippen molar-refractivity contribution >= 4 is 33.4 Å². The molecule has 9 heteroatoms. The summed E-state index contributed by atoms with van der Waals surface area (Å²) in [5.74, 6) is -0.956. The van der Waals surface area contributed by atoms with Crippen molar-refractivity contribution in [2.75, 3.05) is 12.4 Å². The number of rotatable bonds is 7. The lowest BCUT2D eigenvalue weighted by Gasteiger charge is -2.29. The van der Waals surface area contributed by atoms with Gasteiger partial charge in [-0.3, -0.25) is 0 Å². The van der Waals surface area contributed by atoms with Crippen LogP contribution in [0.15, 0.2) is 64.7 Å². The smallest absolute Gasteiger partial charge is 0.338 e. The molecule has 0 aromatic heterocycles. The first-order valence-corrected chi connectivity index (χ1v) is 12.2. The molecule has 0 saturated heterocycles. The zero-order chi connectivity index (χ0) is 23.5. The van der Waals surface area contributed by atoms with Crippen LogP contribution in [0, 0.1) is 0 Å². The second-order valence-electron chi connectivity index (χ2n) is 7.68. The second kappa shape index (κ2) is 9.75. The molecule has 1 aliphatic heterocycles. The Morgan fingerprint density at radius 3 is 2.28 bits per heavy atom. The Morgan fingerprint density at radius 2 is 1.72 bits per heavy atom. The predicted octanol–water partition coefficient (Wildman–Crippen LogP) is 4.11. The van der Waals surface area contributed by atoms with Crippen LogP contribution in [0.1, 0.15) is 43.9 Å². The first-order valence-electron chi connectivity index (χ1n) is 10.2. The minimum Gasteiger partial charge on any atom is -0.463 e. The highest BCUT2D eigenvalue weighted by molar-refractivity contribution is 7.91. The Morgan fingerprint density at radius 1 is 1.09 bits per heavy atom. The quantitative estimate of drug-likeness (QED) is 0.585. The van der Waals surface area contributed by atoms with Crippen LogP contribution in [0.2, 0.25) is 5.02 Å². The van der Waals surface area contributed by atoms with Crippen molar-refractivity contribution in [1.82, 2.24) is 10.6 Å². The monoisotopic (exact) mass is 476 g/mol. The Balaban J connectivity index is 2.07. The lowest BCUT2D eigenvalue weighted by Crippen LogP contribution is -2.47. The fraction of sp³-hybridized carbons (Fsp3) is 0.304. The van der Waals surface area contributed by atoms with Gasteiger partial charge in [-0.1, -0.05) is 49.7 Å². The SMILES string of the molecule is CCOC(=O)C1=C(CS(=O)(=O)c2ccc(Cl)cc2)NC(=O)N[C@H]1c1ccc(C(C)C)cc1. The van der Waals surface area contributed by atoms with Crippen molar-refractivity contribution in [1.29, 1.82) is 0 Å². The van der Waals surface area contributed by atoms with Crippen molar-refractivity contribution in [3.63, 3.8) is 0 Å². The molecule has 1 aliphatic rings. The van der Waals surface area contributed by atoms with Crippen molar-refractivity contribution in [3.8, 4) is 0 Å². The van der Waals surface area contributed by atoms with Crippen LogP contribution in [-0.4, -0.2) is 32.8 Å². The topological polar surface area (TPSA) is 102 Å². The molecule has 0 fully saturated rings. The molecule has 3 rings (SSSR count). The molecule has 0 saturated carbocycles. The van der Waals surface area contributed by atoms with E-state index in [4.69, 9.17) is 16.3 Å². The van der Waals surface area contributed by atoms with Crippen molar-refractivity contribution in [3.05, 3.63) is 76.0 Å². The maximum Gasteiger partial charge on any atom is 0.338 e. The van der Waals surface area contributed by atoms with Crippen LogP contribution in [0.5, 0.6) is 0 Å². The average Bonchev–Trinajstić information content (AvgIpc) is 2.73. The highest BCUT2D eigenvalue weighted by Gasteiger charge is 2.35. The van der Waals surface area contributed by atoms with E-state index in [-0.39, 0.29) is 22.8 Å². The van der Waals surface area contributed by atoms with Gasteiger partial charge in [0, 0.05) is 10.7 Å². The zero-order valence-corrected chi connectivity index (χ0v) is 19.6. The number of urea groups is 1. The van der Waals surface area contributed by atoms with E-state index in [1.165, 1.54) is 24.3 Å². The first-order chi connectivity index (χ1) is 15.1. The molecule has 0 spiro atoms. The van der Waals surface area contributed by atoms with E-state index in [9.17, 15) is 18.0 Å². The molecule has 170 valence electrons. The van der Waals surface area contributed by atoms with Gasteiger partial charge in [-0.2, -0.15) is 0 Å². The number of carbonyl (C=O) groups excluding carboxylic acids is 2. The van der Waals surface area contributed by atoms with Gasteiger partial charge in [0.05, 0.1) is 28.9 Å². The zero-order valence-electron chi connectivity index (χ0n) is 18.0. The summed E-state index contributed by atoms with van der Waals surface area (Å²) in [5, 5.41) is 5.61. The number of nitrogens with one attached hydrogen (secondary N) is 2. The summed E-state index contributed by atoms with van der Waals surface area (Å²) in [6.45, 7) is 5.88. The van der Waals surface area contributed by atoms with E-state index in [2.05, 4.69) is 24.5 Å². The van der Waals surface area contributed by atoms with Crippen LogP contribution < -0.4 is 10.6 Å². The minimum absolute atomic E-state index is 0.0138. The van der Waals surface area contributed by atoms with E-state index in [1.807, 2.05) is 24.3 Å². The molecule has 0 bridgehead atoms. The molecule has 0 radical (unpaired) electrons. The lowest BCUT2D eigenvalue weighted by molar-refractivity contribution is -0.139. The van der Waals surface area contributed by atoms with Gasteiger partial charge in [-0.25, -0.2) is 18.0 Å². The summed E-state index contributed by atoms with van der Waals surface area (Å²) < 4.78 is 31.2. The molecule has 2 aromatic rings. The molecular formula is C23H25ClN2O5S. The van der Waals surface area contributed by atoms with Crippen LogP contribution in [-0.2, 0) is 19.4 Å². The normalized spacial score (nSPS) is 16.5. The van der Waals surface area contributed by atoms with E-state index in [0.29, 0.717) is 16.5 Å². The Hall–Kier alpha value is -2.84. The molecule has 0 aliphatic carbocycles. The van der Waals surface area contributed by atoms with Gasteiger partial charge in [0.25, 0.3) is 0 Å². The maximum absolute atomic E-state index is 13.0. The standard InChI is InChI=1S/C23H25ClN2O5S/c1-4-31-22(27)20-19(13-32(29,30)18-11-9-17(24)10-12-18)25-23(28)26-21(20)16-7-5-15(6-8-16)14(2)3/h5-12,14,21H,4,13H2,1-3H3,(H2,25,26,28)/t21-/m0/s1. The van der Waals surface area contributed by atoms with Crippen LogP contribution in [0.3, 0.4) is 0 Å². The van der Waals surface area contributed by atoms with E-state index in [1.54, 1.807) is 6.92 Å². The predicted molar refractivity (Wildman–Crippen MR) is 122 cm³/mol. The number of sulfone groups is 1. The van der Waals surface area contributed by atoms with Crippen molar-refractivity contribution in [2.45, 2.75) is 37.6 Å². The molecule has 7 nitrogen and oxygen atoms in total. The van der Waals surface area contributed by atoms with Crippen molar-refractivity contribution < 1.29 is 22.7 Å². The fourth-order valence-electron chi connectivity index (χ4n) is 3.42. The van der Waals surface area contributed by atoms with Gasteiger partial charge < -0.3 is 15.4 Å². The van der Waals surface area contributed by atoms with Gasteiger partial charge >= 0.3 is 12.0 Å².